The van der Waals surface area contributed by atoms with Crippen molar-refractivity contribution in [2.45, 2.75) is 58.8 Å². The molecule has 0 atom stereocenters. The van der Waals surface area contributed by atoms with Gasteiger partial charge in [0.05, 0.1) is 0 Å². The fraction of sp³-hybridized carbons (Fsp3) is 0.692. The predicted molar refractivity (Wildman–Crippen MR) is 66.3 cm³/mol. The van der Waals surface area contributed by atoms with E-state index in [-0.39, 0.29) is 10.8 Å². The number of hydrogen-bond donors (Lipinski definition) is 0. The third-order valence-corrected chi connectivity index (χ3v) is 4.91. The maximum atomic E-state index is 13.9. The summed E-state index contributed by atoms with van der Waals surface area (Å²) in [6, 6.07) is 0. The molecule has 0 aliphatic heterocycles. The molecule has 1 aromatic heterocycles. The lowest BCUT2D eigenvalue weighted by atomic mass is 9.88. The molecule has 3 heteroatoms. The van der Waals surface area contributed by atoms with E-state index in [1.54, 1.807) is 0 Å². The van der Waals surface area contributed by atoms with Crippen LogP contribution in [-0.2, 0) is 10.8 Å². The Labute approximate surface area is 101 Å². The van der Waals surface area contributed by atoms with Gasteiger partial charge in [0.15, 0.2) is 11.6 Å². The molecule has 0 N–H and O–H groups in total. The average molecular weight is 246 g/mol. The summed E-state index contributed by atoms with van der Waals surface area (Å²) in [7, 11) is 0. The minimum atomic E-state index is -0.658. The largest absolute Gasteiger partial charge is 0.202 e. The highest BCUT2D eigenvalue weighted by molar-refractivity contribution is 7.12. The van der Waals surface area contributed by atoms with Gasteiger partial charge >= 0.3 is 0 Å². The van der Waals surface area contributed by atoms with Crippen molar-refractivity contribution in [2.75, 3.05) is 0 Å². The van der Waals surface area contributed by atoms with Gasteiger partial charge in [0, 0.05) is 15.2 Å². The third-order valence-electron chi connectivity index (χ3n) is 2.98. The molecular weight excluding hydrogens is 226 g/mol. The molecular formula is C13H20F2S. The van der Waals surface area contributed by atoms with E-state index >= 15 is 0 Å². The SMILES string of the molecule is CCC(C)(C)c1sc(C(C)(C)C)c(F)c1F. The normalized spacial score (nSPS) is 13.2. The van der Waals surface area contributed by atoms with E-state index in [2.05, 4.69) is 0 Å². The van der Waals surface area contributed by atoms with Gasteiger partial charge in [-0.3, -0.25) is 0 Å². The molecule has 0 amide bonds. The predicted octanol–water partition coefficient (Wildman–Crippen LogP) is 5.01. The Morgan fingerprint density at radius 1 is 0.938 bits per heavy atom. The Morgan fingerprint density at radius 3 is 1.69 bits per heavy atom. The van der Waals surface area contributed by atoms with Gasteiger partial charge in [-0.1, -0.05) is 41.5 Å². The molecule has 0 saturated carbocycles. The van der Waals surface area contributed by atoms with Gasteiger partial charge in [0.1, 0.15) is 0 Å². The fourth-order valence-corrected chi connectivity index (χ4v) is 2.76. The van der Waals surface area contributed by atoms with Crippen molar-refractivity contribution in [3.05, 3.63) is 21.4 Å². The number of hydrogen-bond acceptors (Lipinski definition) is 1. The molecule has 16 heavy (non-hydrogen) atoms. The van der Waals surface area contributed by atoms with Gasteiger partial charge in [0.2, 0.25) is 0 Å². The summed E-state index contributed by atoms with van der Waals surface area (Å²) in [5.74, 6) is -1.31. The van der Waals surface area contributed by atoms with E-state index in [9.17, 15) is 8.78 Å². The lowest BCUT2D eigenvalue weighted by Crippen LogP contribution is -2.15. The fourth-order valence-electron chi connectivity index (χ4n) is 1.47. The highest BCUT2D eigenvalue weighted by Gasteiger charge is 2.32. The summed E-state index contributed by atoms with van der Waals surface area (Å²) in [4.78, 5) is 1.05. The van der Waals surface area contributed by atoms with Crippen molar-refractivity contribution in [3.8, 4) is 0 Å². The first-order valence-corrected chi connectivity index (χ1v) is 6.41. The lowest BCUT2D eigenvalue weighted by molar-refractivity contribution is 0.442. The maximum Gasteiger partial charge on any atom is 0.173 e. The zero-order chi connectivity index (χ0) is 12.7. The quantitative estimate of drug-likeness (QED) is 0.688. The molecule has 92 valence electrons. The minimum Gasteiger partial charge on any atom is -0.202 e. The number of rotatable bonds is 2. The summed E-state index contributed by atoms with van der Waals surface area (Å²) in [5.41, 5.74) is -0.628. The molecule has 1 heterocycles. The molecule has 0 fully saturated rings. The van der Waals surface area contributed by atoms with E-state index < -0.39 is 11.6 Å². The summed E-state index contributed by atoms with van der Waals surface area (Å²) in [6.07, 6.45) is 0.799. The maximum absolute atomic E-state index is 13.9. The van der Waals surface area contributed by atoms with Gasteiger partial charge in [-0.2, -0.15) is 0 Å². The first-order chi connectivity index (χ1) is 7.11. The van der Waals surface area contributed by atoms with Crippen LogP contribution < -0.4 is 0 Å². The second kappa shape index (κ2) is 4.10. The van der Waals surface area contributed by atoms with Crippen molar-refractivity contribution >= 4 is 11.3 Å². The van der Waals surface area contributed by atoms with E-state index in [0.29, 0.717) is 9.75 Å². The van der Waals surface area contributed by atoms with Crippen LogP contribution in [0.3, 0.4) is 0 Å². The Bertz CT molecular complexity index is 383. The summed E-state index contributed by atoms with van der Waals surface area (Å²) >= 11 is 1.27. The van der Waals surface area contributed by atoms with Crippen molar-refractivity contribution in [3.63, 3.8) is 0 Å². The van der Waals surface area contributed by atoms with E-state index in [0.717, 1.165) is 6.42 Å². The zero-order valence-electron chi connectivity index (χ0n) is 10.9. The van der Waals surface area contributed by atoms with Gasteiger partial charge in [-0.05, 0) is 11.8 Å². The monoisotopic (exact) mass is 246 g/mol. The molecule has 0 aromatic carbocycles. The lowest BCUT2D eigenvalue weighted by Gasteiger charge is -2.21. The van der Waals surface area contributed by atoms with Gasteiger partial charge in [-0.25, -0.2) is 8.78 Å². The van der Waals surface area contributed by atoms with Crippen LogP contribution in [0.5, 0.6) is 0 Å². The highest BCUT2D eigenvalue weighted by Crippen LogP contribution is 2.41. The summed E-state index contributed by atoms with van der Waals surface area (Å²) in [5, 5.41) is 0. The van der Waals surface area contributed by atoms with E-state index in [1.807, 2.05) is 41.5 Å². The topological polar surface area (TPSA) is 0 Å². The third kappa shape index (κ3) is 2.29. The van der Waals surface area contributed by atoms with Crippen LogP contribution in [0.4, 0.5) is 8.78 Å². The van der Waals surface area contributed by atoms with E-state index in [1.165, 1.54) is 11.3 Å². The molecule has 0 nitrogen and oxygen atoms in total. The molecule has 0 aliphatic carbocycles. The van der Waals surface area contributed by atoms with E-state index in [4.69, 9.17) is 0 Å². The van der Waals surface area contributed by atoms with Crippen LogP contribution >= 0.6 is 11.3 Å². The summed E-state index contributed by atoms with van der Waals surface area (Å²) in [6.45, 7) is 11.6. The Morgan fingerprint density at radius 2 is 1.38 bits per heavy atom. The average Bonchev–Trinajstić information content (AvgIpc) is 2.44. The van der Waals surface area contributed by atoms with Crippen molar-refractivity contribution in [1.29, 1.82) is 0 Å². The molecule has 0 bridgehead atoms. The highest BCUT2D eigenvalue weighted by atomic mass is 32.1. The van der Waals surface area contributed by atoms with Crippen LogP contribution in [0.1, 0.15) is 57.7 Å². The molecule has 1 rings (SSSR count). The molecule has 1 aromatic rings. The smallest absolute Gasteiger partial charge is 0.173 e. The Hall–Kier alpha value is -0.440. The molecule has 0 aliphatic rings. The molecule has 0 spiro atoms. The summed E-state index contributed by atoms with van der Waals surface area (Å²) < 4.78 is 27.7. The second-order valence-corrected chi connectivity index (χ2v) is 6.90. The van der Waals surface area contributed by atoms with Gasteiger partial charge in [0.25, 0.3) is 0 Å². The Kier molecular flexibility index (Phi) is 3.49. The standard InChI is InChI=1S/C13H20F2S/c1-7-13(5,6)11-9(15)8(14)10(16-11)12(2,3)4/h7H2,1-6H3. The molecule has 0 radical (unpaired) electrons. The van der Waals surface area contributed by atoms with Crippen molar-refractivity contribution in [1.82, 2.24) is 0 Å². The number of thiophene rings is 1. The first-order valence-electron chi connectivity index (χ1n) is 5.60. The van der Waals surface area contributed by atoms with Crippen LogP contribution in [-0.4, -0.2) is 0 Å². The van der Waals surface area contributed by atoms with Crippen LogP contribution in [0.15, 0.2) is 0 Å². The van der Waals surface area contributed by atoms with Crippen molar-refractivity contribution in [2.24, 2.45) is 0 Å². The van der Waals surface area contributed by atoms with Crippen LogP contribution in [0, 0.1) is 11.6 Å². The Balaban J connectivity index is 3.37. The first kappa shape index (κ1) is 13.6. The molecule has 0 saturated heterocycles. The molecule has 0 unspecified atom stereocenters. The second-order valence-electron chi connectivity index (χ2n) is 5.88. The van der Waals surface area contributed by atoms with Gasteiger partial charge in [-0.15, -0.1) is 11.3 Å². The number of halogens is 2. The minimum absolute atomic E-state index is 0.293. The van der Waals surface area contributed by atoms with Crippen LogP contribution in [0.25, 0.3) is 0 Å². The van der Waals surface area contributed by atoms with Gasteiger partial charge < -0.3 is 0 Å². The van der Waals surface area contributed by atoms with Crippen molar-refractivity contribution < 1.29 is 8.78 Å². The van der Waals surface area contributed by atoms with Crippen LogP contribution in [0.2, 0.25) is 0 Å². The zero-order valence-corrected chi connectivity index (χ0v) is 11.7.